The normalized spacial score (nSPS) is 10.8. The number of hydrogen-bond donors (Lipinski definition) is 1. The molecule has 1 aromatic carbocycles. The molecule has 0 unspecified atom stereocenters. The van der Waals surface area contributed by atoms with E-state index >= 15 is 0 Å². The Hall–Kier alpha value is -0.960. The topological polar surface area (TPSA) is 37.3 Å². The Morgan fingerprint density at radius 3 is 2.05 bits per heavy atom. The molecule has 3 heteroatoms. The van der Waals surface area contributed by atoms with Crippen LogP contribution in [0.1, 0.15) is 81.5 Å². The van der Waals surface area contributed by atoms with Crippen molar-refractivity contribution in [2.24, 2.45) is 0 Å². The number of hydrogen-bond acceptors (Lipinski definition) is 2. The second-order valence-electron chi connectivity index (χ2n) is 5.83. The van der Waals surface area contributed by atoms with Crippen molar-refractivity contribution < 1.29 is 9.90 Å². The van der Waals surface area contributed by atoms with E-state index in [1.807, 2.05) is 12.1 Å². The monoisotopic (exact) mass is 322 g/mol. The maximum absolute atomic E-state index is 11.1. The lowest BCUT2D eigenvalue weighted by Crippen LogP contribution is -1.98. The Balaban J connectivity index is 2.01. The van der Waals surface area contributed by atoms with Crippen LogP contribution in [0.5, 0.6) is 0 Å². The lowest BCUT2D eigenvalue weighted by molar-refractivity contribution is 0.0693. The predicted octanol–water partition coefficient (Wildman–Crippen LogP) is 6.40. The third-order valence-electron chi connectivity index (χ3n) is 3.87. The van der Waals surface area contributed by atoms with Crippen LogP contribution < -0.4 is 0 Å². The predicted molar refractivity (Wildman–Crippen MR) is 96.0 cm³/mol. The minimum atomic E-state index is -0.828. The van der Waals surface area contributed by atoms with Gasteiger partial charge in [-0.1, -0.05) is 76.8 Å². The quantitative estimate of drug-likeness (QED) is 0.337. The summed E-state index contributed by atoms with van der Waals surface area (Å²) in [6.07, 6.45) is 13.4. The van der Waals surface area contributed by atoms with E-state index in [0.29, 0.717) is 5.56 Å². The molecule has 0 aliphatic carbocycles. The van der Waals surface area contributed by atoms with E-state index in [4.69, 9.17) is 5.11 Å². The highest BCUT2D eigenvalue weighted by molar-refractivity contribution is 7.99. The zero-order valence-corrected chi connectivity index (χ0v) is 14.7. The molecule has 2 nitrogen and oxygen atoms in total. The van der Waals surface area contributed by atoms with Crippen LogP contribution in [0.25, 0.3) is 0 Å². The zero-order chi connectivity index (χ0) is 16.0. The average molecular weight is 323 g/mol. The highest BCUT2D eigenvalue weighted by Gasteiger charge is 2.08. The molecular formula is C19H30O2S. The van der Waals surface area contributed by atoms with Gasteiger partial charge in [0.25, 0.3) is 0 Å². The Morgan fingerprint density at radius 1 is 0.909 bits per heavy atom. The summed E-state index contributed by atoms with van der Waals surface area (Å²) in [4.78, 5) is 12.0. The summed E-state index contributed by atoms with van der Waals surface area (Å²) in [6.45, 7) is 2.26. The van der Waals surface area contributed by atoms with E-state index in [1.54, 1.807) is 23.9 Å². The summed E-state index contributed by atoms with van der Waals surface area (Å²) >= 11 is 1.67. The summed E-state index contributed by atoms with van der Waals surface area (Å²) in [5, 5.41) is 9.13. The summed E-state index contributed by atoms with van der Waals surface area (Å²) < 4.78 is 0. The van der Waals surface area contributed by atoms with Gasteiger partial charge in [0.05, 0.1) is 5.56 Å². The minimum Gasteiger partial charge on any atom is -0.478 e. The number of rotatable bonds is 13. The zero-order valence-electron chi connectivity index (χ0n) is 13.9. The number of carboxylic acids is 1. The Bertz CT molecular complexity index is 418. The number of carboxylic acid groups (broad SMARTS) is 1. The van der Waals surface area contributed by atoms with Gasteiger partial charge in [-0.05, 0) is 24.3 Å². The molecule has 1 aromatic rings. The lowest BCUT2D eigenvalue weighted by atomic mass is 10.1. The molecule has 0 heterocycles. The molecule has 124 valence electrons. The fraction of sp³-hybridized carbons (Fsp3) is 0.632. The molecule has 0 bridgehead atoms. The van der Waals surface area contributed by atoms with Crippen molar-refractivity contribution in [1.29, 1.82) is 0 Å². The first kappa shape index (κ1) is 19.1. The number of thioether (sulfide) groups is 1. The van der Waals surface area contributed by atoms with Crippen molar-refractivity contribution >= 4 is 17.7 Å². The number of unbranched alkanes of at least 4 members (excludes halogenated alkanes) is 9. The van der Waals surface area contributed by atoms with Crippen molar-refractivity contribution in [3.05, 3.63) is 29.8 Å². The second kappa shape index (κ2) is 12.6. The fourth-order valence-electron chi connectivity index (χ4n) is 2.54. The third-order valence-corrected chi connectivity index (χ3v) is 5.03. The molecule has 0 spiro atoms. The first-order valence-electron chi connectivity index (χ1n) is 8.70. The molecule has 0 radical (unpaired) electrons. The lowest BCUT2D eigenvalue weighted by Gasteiger charge is -2.05. The first-order valence-corrected chi connectivity index (χ1v) is 9.69. The average Bonchev–Trinajstić information content (AvgIpc) is 2.53. The summed E-state index contributed by atoms with van der Waals surface area (Å²) in [5.74, 6) is 0.187. The van der Waals surface area contributed by atoms with Gasteiger partial charge in [-0.15, -0.1) is 11.8 Å². The summed E-state index contributed by atoms with van der Waals surface area (Å²) in [7, 11) is 0. The van der Waals surface area contributed by atoms with Gasteiger partial charge in [0.15, 0.2) is 0 Å². The van der Waals surface area contributed by atoms with Crippen molar-refractivity contribution in [3.63, 3.8) is 0 Å². The van der Waals surface area contributed by atoms with Crippen LogP contribution in [0.4, 0.5) is 0 Å². The second-order valence-corrected chi connectivity index (χ2v) is 6.97. The molecule has 0 fully saturated rings. The van der Waals surface area contributed by atoms with Crippen LogP contribution in [0.2, 0.25) is 0 Å². The molecule has 0 saturated heterocycles. The van der Waals surface area contributed by atoms with Gasteiger partial charge in [0.2, 0.25) is 0 Å². The Kier molecular flexibility index (Phi) is 10.9. The fourth-order valence-corrected chi connectivity index (χ4v) is 3.59. The van der Waals surface area contributed by atoms with Gasteiger partial charge in [-0.25, -0.2) is 4.79 Å². The molecule has 1 rings (SSSR count). The van der Waals surface area contributed by atoms with Gasteiger partial charge in [0, 0.05) is 4.90 Å². The van der Waals surface area contributed by atoms with E-state index in [0.717, 1.165) is 10.6 Å². The molecule has 22 heavy (non-hydrogen) atoms. The molecule has 0 aromatic heterocycles. The van der Waals surface area contributed by atoms with Crippen LogP contribution >= 0.6 is 11.8 Å². The molecule has 1 N–H and O–H groups in total. The van der Waals surface area contributed by atoms with E-state index in [2.05, 4.69) is 6.92 Å². The third kappa shape index (κ3) is 8.47. The Labute approximate surface area is 139 Å². The summed E-state index contributed by atoms with van der Waals surface area (Å²) in [6, 6.07) is 7.29. The van der Waals surface area contributed by atoms with E-state index in [-0.39, 0.29) is 0 Å². The smallest absolute Gasteiger partial charge is 0.336 e. The van der Waals surface area contributed by atoms with Gasteiger partial charge in [-0.2, -0.15) is 0 Å². The van der Waals surface area contributed by atoms with Gasteiger partial charge in [-0.3, -0.25) is 0 Å². The standard InChI is InChI=1S/C19H30O2S/c1-2-3-4-5-6-7-8-9-10-13-16-22-18-15-12-11-14-17(18)19(20)21/h11-12,14-15H,2-10,13,16H2,1H3,(H,20,21). The SMILES string of the molecule is CCCCCCCCCCCCSc1ccccc1C(=O)O. The van der Waals surface area contributed by atoms with Gasteiger partial charge < -0.3 is 5.11 Å². The largest absolute Gasteiger partial charge is 0.478 e. The van der Waals surface area contributed by atoms with Crippen molar-refractivity contribution in [1.82, 2.24) is 0 Å². The van der Waals surface area contributed by atoms with Gasteiger partial charge >= 0.3 is 5.97 Å². The van der Waals surface area contributed by atoms with E-state index in [9.17, 15) is 4.79 Å². The highest BCUT2D eigenvalue weighted by Crippen LogP contribution is 2.24. The molecule has 0 atom stereocenters. The molecule has 0 saturated carbocycles. The first-order chi connectivity index (χ1) is 10.8. The highest BCUT2D eigenvalue weighted by atomic mass is 32.2. The van der Waals surface area contributed by atoms with Crippen LogP contribution in [0.3, 0.4) is 0 Å². The number of carbonyl (C=O) groups is 1. The number of aromatic carboxylic acids is 1. The number of benzene rings is 1. The van der Waals surface area contributed by atoms with E-state index in [1.165, 1.54) is 64.2 Å². The van der Waals surface area contributed by atoms with Crippen LogP contribution in [-0.2, 0) is 0 Å². The maximum Gasteiger partial charge on any atom is 0.336 e. The van der Waals surface area contributed by atoms with Crippen molar-refractivity contribution in [2.75, 3.05) is 5.75 Å². The molecule has 0 aliphatic rings. The van der Waals surface area contributed by atoms with Crippen LogP contribution in [0.15, 0.2) is 29.2 Å². The maximum atomic E-state index is 11.1. The van der Waals surface area contributed by atoms with Crippen LogP contribution in [-0.4, -0.2) is 16.8 Å². The van der Waals surface area contributed by atoms with Crippen molar-refractivity contribution in [3.8, 4) is 0 Å². The summed E-state index contributed by atoms with van der Waals surface area (Å²) in [5.41, 5.74) is 0.430. The van der Waals surface area contributed by atoms with Crippen molar-refractivity contribution in [2.45, 2.75) is 76.0 Å². The molecular weight excluding hydrogens is 292 g/mol. The Morgan fingerprint density at radius 2 is 1.45 bits per heavy atom. The van der Waals surface area contributed by atoms with E-state index < -0.39 is 5.97 Å². The molecule has 0 aliphatic heterocycles. The molecule has 0 amide bonds. The van der Waals surface area contributed by atoms with Gasteiger partial charge in [0.1, 0.15) is 0 Å². The minimum absolute atomic E-state index is 0.430. The van der Waals surface area contributed by atoms with Crippen LogP contribution in [0, 0.1) is 0 Å².